The predicted octanol–water partition coefficient (Wildman–Crippen LogP) is 4.05. The highest BCUT2D eigenvalue weighted by atomic mass is 16.5. The van der Waals surface area contributed by atoms with Gasteiger partial charge in [-0.3, -0.25) is 0 Å². The molecule has 0 radical (unpaired) electrons. The van der Waals surface area contributed by atoms with Gasteiger partial charge < -0.3 is 4.74 Å². The normalized spacial score (nSPS) is 37.0. The van der Waals surface area contributed by atoms with Crippen molar-refractivity contribution < 1.29 is 4.74 Å². The van der Waals surface area contributed by atoms with Crippen molar-refractivity contribution in [1.82, 2.24) is 0 Å². The smallest absolute Gasteiger partial charge is 0.0862 e. The summed E-state index contributed by atoms with van der Waals surface area (Å²) in [6.45, 7) is 4.51. The lowest BCUT2D eigenvalue weighted by atomic mass is 9.69. The van der Waals surface area contributed by atoms with E-state index >= 15 is 0 Å². The fourth-order valence-corrected chi connectivity index (χ4v) is 3.64. The molecule has 2 heteroatoms. The van der Waals surface area contributed by atoms with E-state index in [9.17, 15) is 5.26 Å². The molecule has 2 rings (SSSR count). The summed E-state index contributed by atoms with van der Waals surface area (Å²) in [4.78, 5) is 0. The molecule has 17 heavy (non-hydrogen) atoms. The molecule has 2 saturated heterocycles. The molecule has 0 spiro atoms. The molecule has 0 aromatic rings. The van der Waals surface area contributed by atoms with Crippen LogP contribution in [0.25, 0.3) is 0 Å². The van der Waals surface area contributed by atoms with Gasteiger partial charge in [0.05, 0.1) is 23.7 Å². The summed E-state index contributed by atoms with van der Waals surface area (Å²) in [6.07, 6.45) is 10.1. The first-order chi connectivity index (χ1) is 8.24. The van der Waals surface area contributed by atoms with E-state index < -0.39 is 0 Å². The second kappa shape index (κ2) is 5.40. The number of ether oxygens (including phenoxy) is 1. The van der Waals surface area contributed by atoms with Crippen LogP contribution in [0, 0.1) is 22.7 Å². The molecule has 2 aliphatic heterocycles. The number of nitrogens with zero attached hydrogens (tertiary/aromatic N) is 1. The zero-order valence-corrected chi connectivity index (χ0v) is 11.2. The minimum atomic E-state index is -0.142. The van der Waals surface area contributed by atoms with Crippen molar-refractivity contribution >= 4 is 0 Å². The van der Waals surface area contributed by atoms with Crippen LogP contribution in [0.5, 0.6) is 0 Å². The minimum Gasteiger partial charge on any atom is -0.373 e. The largest absolute Gasteiger partial charge is 0.373 e. The molecule has 0 aromatic heterocycles. The van der Waals surface area contributed by atoms with Crippen molar-refractivity contribution in [2.75, 3.05) is 0 Å². The Morgan fingerprint density at radius 2 is 2.24 bits per heavy atom. The van der Waals surface area contributed by atoms with Crippen molar-refractivity contribution in [1.29, 1.82) is 5.26 Å². The van der Waals surface area contributed by atoms with Gasteiger partial charge in [0.1, 0.15) is 0 Å². The molecule has 4 unspecified atom stereocenters. The topological polar surface area (TPSA) is 33.0 Å². The maximum absolute atomic E-state index is 9.58. The molecule has 0 saturated carbocycles. The zero-order valence-electron chi connectivity index (χ0n) is 11.2. The van der Waals surface area contributed by atoms with Gasteiger partial charge in [0.25, 0.3) is 0 Å². The van der Waals surface area contributed by atoms with Gasteiger partial charge in [0, 0.05) is 0 Å². The van der Waals surface area contributed by atoms with Gasteiger partial charge in [-0.1, -0.05) is 39.5 Å². The molecule has 2 heterocycles. The Bertz CT molecular complexity index is 296. The van der Waals surface area contributed by atoms with Crippen LogP contribution < -0.4 is 0 Å². The van der Waals surface area contributed by atoms with E-state index in [1.54, 1.807) is 0 Å². The van der Waals surface area contributed by atoms with Gasteiger partial charge in [0.15, 0.2) is 0 Å². The monoisotopic (exact) mass is 235 g/mol. The third kappa shape index (κ3) is 2.50. The first-order valence-electron chi connectivity index (χ1n) is 7.30. The fourth-order valence-electron chi connectivity index (χ4n) is 3.64. The zero-order chi connectivity index (χ0) is 12.3. The lowest BCUT2D eigenvalue weighted by molar-refractivity contribution is 0.0698. The third-order valence-electron chi connectivity index (χ3n) is 4.73. The van der Waals surface area contributed by atoms with Crippen molar-refractivity contribution in [2.24, 2.45) is 11.3 Å². The van der Waals surface area contributed by atoms with Crippen molar-refractivity contribution in [3.63, 3.8) is 0 Å². The van der Waals surface area contributed by atoms with E-state index in [1.807, 2.05) is 0 Å². The van der Waals surface area contributed by atoms with E-state index in [0.29, 0.717) is 6.10 Å². The number of hydrogen-bond acceptors (Lipinski definition) is 2. The highest BCUT2D eigenvalue weighted by Crippen LogP contribution is 2.51. The molecule has 96 valence electrons. The van der Waals surface area contributed by atoms with Crippen LogP contribution in [-0.4, -0.2) is 12.2 Å². The summed E-state index contributed by atoms with van der Waals surface area (Å²) in [7, 11) is 0. The van der Waals surface area contributed by atoms with Crippen molar-refractivity contribution in [3.05, 3.63) is 0 Å². The van der Waals surface area contributed by atoms with Gasteiger partial charge in [-0.25, -0.2) is 0 Å². The Morgan fingerprint density at radius 3 is 2.71 bits per heavy atom. The molecule has 0 aromatic carbocycles. The molecule has 2 aliphatic rings. The molecular formula is C15H25NO. The summed E-state index contributed by atoms with van der Waals surface area (Å²) in [5.74, 6) is 0.720. The van der Waals surface area contributed by atoms with E-state index in [4.69, 9.17) is 4.74 Å². The maximum atomic E-state index is 9.58. The highest BCUT2D eigenvalue weighted by molar-refractivity contribution is 5.12. The minimum absolute atomic E-state index is 0.142. The number of hydrogen-bond donors (Lipinski definition) is 0. The third-order valence-corrected chi connectivity index (χ3v) is 4.73. The van der Waals surface area contributed by atoms with Gasteiger partial charge in [0.2, 0.25) is 0 Å². The Labute approximate surface area is 105 Å². The Hall–Kier alpha value is -0.550. The molecule has 2 nitrogen and oxygen atoms in total. The summed E-state index contributed by atoms with van der Waals surface area (Å²) >= 11 is 0. The SMILES string of the molecule is CCCCC(CC)CC1(C#N)CC2CCC1O2. The fraction of sp³-hybridized carbons (Fsp3) is 0.933. The number of nitriles is 1. The average molecular weight is 235 g/mol. The molecule has 2 fully saturated rings. The van der Waals surface area contributed by atoms with Gasteiger partial charge in [-0.05, 0) is 31.6 Å². The quantitative estimate of drug-likeness (QED) is 0.695. The number of unbranched alkanes of at least 4 members (excludes halogenated alkanes) is 1. The molecule has 2 bridgehead atoms. The van der Waals surface area contributed by atoms with Crippen LogP contribution in [0.3, 0.4) is 0 Å². The average Bonchev–Trinajstić information content (AvgIpc) is 2.95. The summed E-state index contributed by atoms with van der Waals surface area (Å²) in [5, 5.41) is 9.58. The second-order valence-corrected chi connectivity index (χ2v) is 5.92. The summed E-state index contributed by atoms with van der Waals surface area (Å²) < 4.78 is 5.91. The van der Waals surface area contributed by atoms with Gasteiger partial charge in [-0.2, -0.15) is 5.26 Å². The Kier molecular flexibility index (Phi) is 4.09. The molecule has 4 atom stereocenters. The van der Waals surface area contributed by atoms with Crippen molar-refractivity contribution in [2.45, 2.75) is 77.4 Å². The van der Waals surface area contributed by atoms with Crippen LogP contribution in [0.4, 0.5) is 0 Å². The highest BCUT2D eigenvalue weighted by Gasteiger charge is 2.53. The molecular weight excluding hydrogens is 210 g/mol. The maximum Gasteiger partial charge on any atom is 0.0862 e. The lowest BCUT2D eigenvalue weighted by Gasteiger charge is -2.31. The Balaban J connectivity index is 1.97. The van der Waals surface area contributed by atoms with Crippen LogP contribution >= 0.6 is 0 Å². The molecule has 0 amide bonds. The number of fused-ring (bicyclic) bond motifs is 2. The Morgan fingerprint density at radius 1 is 1.41 bits per heavy atom. The van der Waals surface area contributed by atoms with E-state index in [0.717, 1.165) is 25.2 Å². The predicted molar refractivity (Wildman–Crippen MR) is 68.5 cm³/mol. The van der Waals surface area contributed by atoms with Crippen LogP contribution in [-0.2, 0) is 4.74 Å². The van der Waals surface area contributed by atoms with Gasteiger partial charge >= 0.3 is 0 Å². The van der Waals surface area contributed by atoms with E-state index in [2.05, 4.69) is 19.9 Å². The number of rotatable bonds is 6. The first-order valence-corrected chi connectivity index (χ1v) is 7.30. The van der Waals surface area contributed by atoms with Crippen LogP contribution in [0.1, 0.15) is 65.2 Å². The molecule has 0 N–H and O–H groups in total. The first kappa shape index (κ1) is 12.9. The lowest BCUT2D eigenvalue weighted by Crippen LogP contribution is -2.33. The van der Waals surface area contributed by atoms with Gasteiger partial charge in [-0.15, -0.1) is 0 Å². The summed E-state index contributed by atoms with van der Waals surface area (Å²) in [6, 6.07) is 2.63. The second-order valence-electron chi connectivity index (χ2n) is 5.92. The van der Waals surface area contributed by atoms with Crippen LogP contribution in [0.2, 0.25) is 0 Å². The molecule has 0 aliphatic carbocycles. The van der Waals surface area contributed by atoms with Crippen LogP contribution in [0.15, 0.2) is 0 Å². The summed E-state index contributed by atoms with van der Waals surface area (Å²) in [5.41, 5.74) is -0.142. The van der Waals surface area contributed by atoms with E-state index in [-0.39, 0.29) is 11.5 Å². The van der Waals surface area contributed by atoms with E-state index in [1.165, 1.54) is 32.1 Å². The standard InChI is InChI=1S/C15H25NO/c1-3-5-6-12(4-2)9-15(11-16)10-13-7-8-14(15)17-13/h12-14H,3-10H2,1-2H3. The van der Waals surface area contributed by atoms with Crippen molar-refractivity contribution in [3.8, 4) is 6.07 Å².